The molecule has 0 atom stereocenters. The molecule has 3 aromatic rings. The zero-order valence-corrected chi connectivity index (χ0v) is 20.2. The van der Waals surface area contributed by atoms with Crippen molar-refractivity contribution in [3.63, 3.8) is 0 Å². The van der Waals surface area contributed by atoms with Crippen LogP contribution in [-0.4, -0.2) is 40.9 Å². The summed E-state index contributed by atoms with van der Waals surface area (Å²) < 4.78 is 30.3. The fourth-order valence-corrected chi connectivity index (χ4v) is 4.55. The first kappa shape index (κ1) is 25.4. The van der Waals surface area contributed by atoms with Gasteiger partial charge in [-0.15, -0.1) is 0 Å². The maximum atomic E-state index is 11.5. The van der Waals surface area contributed by atoms with Gasteiger partial charge in [0.1, 0.15) is 0 Å². The summed E-state index contributed by atoms with van der Waals surface area (Å²) in [6.07, 6.45) is 5.31. The molecule has 0 bridgehead atoms. The summed E-state index contributed by atoms with van der Waals surface area (Å²) in [5.41, 5.74) is 3.55. The summed E-state index contributed by atoms with van der Waals surface area (Å²) in [4.78, 5) is 15.8. The third-order valence-electron chi connectivity index (χ3n) is 5.44. The fraction of sp³-hybridized carbons (Fsp3) is 0.375. The number of carboxylic acids is 1. The minimum atomic E-state index is -3.78. The number of nitrogens with zero attached hydrogens (tertiary/aromatic N) is 3. The lowest BCUT2D eigenvalue weighted by molar-refractivity contribution is -0.136. The van der Waals surface area contributed by atoms with E-state index in [4.69, 9.17) is 9.88 Å². The highest BCUT2D eigenvalue weighted by Crippen LogP contribution is 2.32. The summed E-state index contributed by atoms with van der Waals surface area (Å²) in [6, 6.07) is 10.9. The second-order valence-corrected chi connectivity index (χ2v) is 9.84. The minimum Gasteiger partial charge on any atom is -0.481 e. The number of carboxylic acid groups (broad SMARTS) is 1. The van der Waals surface area contributed by atoms with Gasteiger partial charge in [0.2, 0.25) is 5.88 Å². The monoisotopic (exact) mass is 486 g/mol. The number of ether oxygens (including phenoxy) is 1. The number of pyridine rings is 1. The molecule has 2 heterocycles. The van der Waals surface area contributed by atoms with Crippen molar-refractivity contribution in [3.8, 4) is 17.0 Å². The van der Waals surface area contributed by atoms with Gasteiger partial charge >= 0.3 is 5.97 Å². The highest BCUT2D eigenvalue weighted by atomic mass is 32.2. The zero-order chi connectivity index (χ0) is 24.7. The number of sulfonamides is 1. The number of aromatic nitrogens is 3. The highest BCUT2D eigenvalue weighted by molar-refractivity contribution is 7.89. The Morgan fingerprint density at radius 1 is 1.15 bits per heavy atom. The number of hydrogen-bond acceptors (Lipinski definition) is 6. The van der Waals surface area contributed by atoms with E-state index in [9.17, 15) is 18.3 Å². The standard InChI is InChI=1S/C24H30N4O5S/c1-17(2)19-7-6-8-20(21(19)16-24(29)30)18-9-11-26-22(15-18)33-14-5-3-4-13-28-23(10-12-27-28)34(25,31)32/h6-12,15,17H,3-5,13-14,16H2,1-2H3,(H,29,30)(H2,25,31,32). The first-order valence-corrected chi connectivity index (χ1v) is 12.7. The van der Waals surface area contributed by atoms with Crippen LogP contribution < -0.4 is 9.88 Å². The molecule has 0 saturated heterocycles. The van der Waals surface area contributed by atoms with E-state index < -0.39 is 16.0 Å². The van der Waals surface area contributed by atoms with Gasteiger partial charge in [-0.25, -0.2) is 18.5 Å². The van der Waals surface area contributed by atoms with Crippen molar-refractivity contribution in [2.24, 2.45) is 5.14 Å². The molecule has 0 fully saturated rings. The molecule has 0 aliphatic carbocycles. The Kier molecular flexibility index (Phi) is 8.41. The van der Waals surface area contributed by atoms with Crippen LogP contribution in [-0.2, 0) is 27.8 Å². The van der Waals surface area contributed by atoms with Crippen LogP contribution in [0.2, 0.25) is 0 Å². The van der Waals surface area contributed by atoms with Gasteiger partial charge in [-0.1, -0.05) is 32.0 Å². The number of aryl methyl sites for hydroxylation is 1. The Bertz CT molecular complexity index is 1240. The van der Waals surface area contributed by atoms with Gasteiger partial charge in [0.15, 0.2) is 5.03 Å². The molecule has 0 unspecified atom stereocenters. The molecule has 2 aromatic heterocycles. The second-order valence-electron chi connectivity index (χ2n) is 8.33. The molecular formula is C24H30N4O5S. The van der Waals surface area contributed by atoms with Crippen LogP contribution in [0.5, 0.6) is 5.88 Å². The number of rotatable bonds is 12. The van der Waals surface area contributed by atoms with Crippen LogP contribution in [0.25, 0.3) is 11.1 Å². The van der Waals surface area contributed by atoms with Crippen molar-refractivity contribution in [2.45, 2.75) is 57.0 Å². The van der Waals surface area contributed by atoms with E-state index in [0.29, 0.717) is 19.0 Å². The molecule has 0 spiro atoms. The van der Waals surface area contributed by atoms with E-state index in [2.05, 4.69) is 10.1 Å². The lowest BCUT2D eigenvalue weighted by Gasteiger charge is -2.17. The summed E-state index contributed by atoms with van der Waals surface area (Å²) in [7, 11) is -3.78. The van der Waals surface area contributed by atoms with Gasteiger partial charge in [-0.2, -0.15) is 5.10 Å². The van der Waals surface area contributed by atoms with E-state index in [-0.39, 0.29) is 17.4 Å². The third kappa shape index (κ3) is 6.64. The molecule has 3 rings (SSSR count). The SMILES string of the molecule is CC(C)c1cccc(-c2ccnc(OCCCCCn3nccc3S(N)(=O)=O)c2)c1CC(=O)O. The van der Waals surface area contributed by atoms with Gasteiger partial charge in [0.05, 0.1) is 19.2 Å². The summed E-state index contributed by atoms with van der Waals surface area (Å²) in [5.74, 6) is -0.196. The van der Waals surface area contributed by atoms with Crippen molar-refractivity contribution >= 4 is 16.0 Å². The highest BCUT2D eigenvalue weighted by Gasteiger charge is 2.16. The molecule has 0 aliphatic rings. The van der Waals surface area contributed by atoms with Crippen molar-refractivity contribution < 1.29 is 23.1 Å². The Morgan fingerprint density at radius 3 is 2.65 bits per heavy atom. The Hall–Kier alpha value is -3.24. The lowest BCUT2D eigenvalue weighted by Crippen LogP contribution is -2.18. The largest absolute Gasteiger partial charge is 0.481 e. The van der Waals surface area contributed by atoms with E-state index in [1.807, 2.05) is 44.2 Å². The van der Waals surface area contributed by atoms with Crippen LogP contribution in [0, 0.1) is 0 Å². The second kappa shape index (κ2) is 11.3. The van der Waals surface area contributed by atoms with E-state index >= 15 is 0 Å². The fourth-order valence-electron chi connectivity index (χ4n) is 3.87. The maximum Gasteiger partial charge on any atom is 0.307 e. The molecule has 0 radical (unpaired) electrons. The predicted molar refractivity (Wildman–Crippen MR) is 128 cm³/mol. The van der Waals surface area contributed by atoms with Crippen molar-refractivity contribution in [1.29, 1.82) is 0 Å². The van der Waals surface area contributed by atoms with Crippen molar-refractivity contribution in [3.05, 3.63) is 59.9 Å². The molecule has 1 aromatic carbocycles. The average Bonchev–Trinajstić information content (AvgIpc) is 3.25. The van der Waals surface area contributed by atoms with Gasteiger partial charge < -0.3 is 9.84 Å². The smallest absolute Gasteiger partial charge is 0.307 e. The van der Waals surface area contributed by atoms with Gasteiger partial charge in [0.25, 0.3) is 10.0 Å². The lowest BCUT2D eigenvalue weighted by atomic mass is 9.89. The minimum absolute atomic E-state index is 0.00793. The number of nitrogens with two attached hydrogens (primary N) is 1. The topological polar surface area (TPSA) is 137 Å². The summed E-state index contributed by atoms with van der Waals surface area (Å²) in [6.45, 7) is 5.00. The maximum absolute atomic E-state index is 11.5. The number of hydrogen-bond donors (Lipinski definition) is 2. The van der Waals surface area contributed by atoms with E-state index in [0.717, 1.165) is 41.5 Å². The molecule has 0 amide bonds. The molecule has 34 heavy (non-hydrogen) atoms. The van der Waals surface area contributed by atoms with Gasteiger partial charge in [0, 0.05) is 18.8 Å². The van der Waals surface area contributed by atoms with E-state index in [1.54, 1.807) is 6.20 Å². The van der Waals surface area contributed by atoms with Crippen LogP contribution >= 0.6 is 0 Å². The van der Waals surface area contributed by atoms with Crippen LogP contribution in [0.3, 0.4) is 0 Å². The first-order valence-electron chi connectivity index (χ1n) is 11.1. The van der Waals surface area contributed by atoms with Crippen LogP contribution in [0.15, 0.2) is 53.8 Å². The Labute approximate surface area is 199 Å². The predicted octanol–water partition coefficient (Wildman–Crippen LogP) is 3.59. The van der Waals surface area contributed by atoms with Crippen molar-refractivity contribution in [2.75, 3.05) is 6.61 Å². The zero-order valence-electron chi connectivity index (χ0n) is 19.3. The number of benzene rings is 1. The molecule has 3 N–H and O–H groups in total. The third-order valence-corrected chi connectivity index (χ3v) is 6.37. The molecular weight excluding hydrogens is 456 g/mol. The Morgan fingerprint density at radius 2 is 1.94 bits per heavy atom. The number of primary sulfonamides is 1. The van der Waals surface area contributed by atoms with Crippen molar-refractivity contribution in [1.82, 2.24) is 14.8 Å². The first-order chi connectivity index (χ1) is 16.2. The number of aliphatic carboxylic acids is 1. The average molecular weight is 487 g/mol. The molecule has 10 heteroatoms. The molecule has 0 aliphatic heterocycles. The molecule has 9 nitrogen and oxygen atoms in total. The Balaban J connectivity index is 1.59. The normalized spacial score (nSPS) is 11.6. The van der Waals surface area contributed by atoms with Crippen LogP contribution in [0.4, 0.5) is 0 Å². The molecule has 0 saturated carbocycles. The summed E-state index contributed by atoms with van der Waals surface area (Å²) >= 11 is 0. The quantitative estimate of drug-likeness (QED) is 0.373. The summed E-state index contributed by atoms with van der Waals surface area (Å²) in [5, 5.41) is 18.6. The molecule has 182 valence electrons. The van der Waals surface area contributed by atoms with Gasteiger partial charge in [-0.05, 0) is 59.6 Å². The van der Waals surface area contributed by atoms with E-state index in [1.165, 1.54) is 16.9 Å². The van der Waals surface area contributed by atoms with Crippen LogP contribution in [0.1, 0.15) is 50.2 Å². The van der Waals surface area contributed by atoms with Gasteiger partial charge in [-0.3, -0.25) is 9.48 Å². The number of carbonyl (C=O) groups is 1. The number of unbranched alkanes of at least 4 members (excludes halogenated alkanes) is 2.